The lowest BCUT2D eigenvalue weighted by Gasteiger charge is -2.35. The summed E-state index contributed by atoms with van der Waals surface area (Å²) in [5.74, 6) is -0.656. The Hall–Kier alpha value is -4.81. The standard InChI is InChI=1S/C29H18F7N5O2S/c30-20-6-10-23(24(31)13-20)27(42,16-41-17-38-39-40-41)28(32,33)25-11-5-19(14-37-25)2-1-18-3-7-21(8-4-18)43-15-22-9-12-26(44-22)29(34,35)36/h3-14,17,42H,15-16H2. The number of alkyl halides is 5. The van der Waals surface area contributed by atoms with Gasteiger partial charge in [0.05, 0.1) is 6.54 Å². The molecule has 5 rings (SSSR count). The highest BCUT2D eigenvalue weighted by atomic mass is 32.1. The molecule has 0 amide bonds. The number of rotatable bonds is 8. The van der Waals surface area contributed by atoms with Gasteiger partial charge in [-0.25, -0.2) is 13.5 Å². The minimum absolute atomic E-state index is 0.0485. The molecule has 0 aliphatic heterocycles. The Bertz CT molecular complexity index is 1800. The Balaban J connectivity index is 1.30. The lowest BCUT2D eigenvalue weighted by atomic mass is 9.84. The van der Waals surface area contributed by atoms with Gasteiger partial charge in [0.1, 0.15) is 40.9 Å². The summed E-state index contributed by atoms with van der Waals surface area (Å²) >= 11 is 0.594. The molecule has 3 aromatic heterocycles. The zero-order valence-electron chi connectivity index (χ0n) is 22.1. The molecular weight excluding hydrogens is 615 g/mol. The minimum Gasteiger partial charge on any atom is -0.488 e. The summed E-state index contributed by atoms with van der Waals surface area (Å²) in [6.45, 7) is -1.03. The molecule has 0 aliphatic rings. The molecule has 0 saturated carbocycles. The normalized spacial score (nSPS) is 13.2. The molecule has 1 unspecified atom stereocenters. The average molecular weight is 634 g/mol. The van der Waals surface area contributed by atoms with Gasteiger partial charge in [0.2, 0.25) is 0 Å². The summed E-state index contributed by atoms with van der Waals surface area (Å²) in [6, 6.07) is 12.7. The number of tetrazole rings is 1. The van der Waals surface area contributed by atoms with Crippen molar-refractivity contribution in [1.29, 1.82) is 0 Å². The summed E-state index contributed by atoms with van der Waals surface area (Å²) in [5, 5.41) is 21.4. The lowest BCUT2D eigenvalue weighted by molar-refractivity contribution is -0.207. The summed E-state index contributed by atoms with van der Waals surface area (Å²) in [4.78, 5) is 3.44. The third-order valence-corrected chi connectivity index (χ3v) is 7.39. The number of aliphatic hydroxyl groups is 1. The van der Waals surface area contributed by atoms with Crippen LogP contribution in [-0.4, -0.2) is 30.3 Å². The molecular formula is C29H18F7N5O2S. The Morgan fingerprint density at radius 2 is 1.61 bits per heavy atom. The molecule has 0 bridgehead atoms. The zero-order chi connectivity index (χ0) is 31.5. The van der Waals surface area contributed by atoms with Crippen molar-refractivity contribution in [1.82, 2.24) is 25.2 Å². The van der Waals surface area contributed by atoms with E-state index in [0.717, 1.165) is 35.4 Å². The SMILES string of the molecule is OC(Cn1cnnn1)(c1ccc(F)cc1F)C(F)(F)c1ccc(C#Cc2ccc(OCc3ccc(C(F)(F)F)s3)cc2)cn1. The first kappa shape index (κ1) is 30.6. The second-order valence-electron chi connectivity index (χ2n) is 9.33. The highest BCUT2D eigenvalue weighted by molar-refractivity contribution is 7.12. The number of pyridine rings is 1. The Morgan fingerprint density at radius 3 is 2.23 bits per heavy atom. The molecule has 3 heterocycles. The van der Waals surface area contributed by atoms with E-state index < -0.39 is 52.0 Å². The molecule has 0 saturated heterocycles. The van der Waals surface area contributed by atoms with Crippen molar-refractivity contribution in [3.8, 4) is 17.6 Å². The van der Waals surface area contributed by atoms with Gasteiger partial charge >= 0.3 is 12.1 Å². The second kappa shape index (κ2) is 12.1. The van der Waals surface area contributed by atoms with Gasteiger partial charge in [0.15, 0.2) is 5.60 Å². The molecule has 2 aromatic carbocycles. The van der Waals surface area contributed by atoms with E-state index in [0.29, 0.717) is 39.7 Å². The van der Waals surface area contributed by atoms with Gasteiger partial charge in [0.25, 0.3) is 0 Å². The monoisotopic (exact) mass is 633 g/mol. The van der Waals surface area contributed by atoms with Crippen LogP contribution in [0.15, 0.2) is 79.3 Å². The van der Waals surface area contributed by atoms with E-state index >= 15 is 8.78 Å². The van der Waals surface area contributed by atoms with Crippen LogP contribution in [0, 0.1) is 23.5 Å². The van der Waals surface area contributed by atoms with E-state index in [1.807, 2.05) is 0 Å². The van der Waals surface area contributed by atoms with Crippen molar-refractivity contribution in [2.75, 3.05) is 0 Å². The van der Waals surface area contributed by atoms with Gasteiger partial charge < -0.3 is 9.84 Å². The Morgan fingerprint density at radius 1 is 0.886 bits per heavy atom. The molecule has 1 atom stereocenters. The predicted molar refractivity (Wildman–Crippen MR) is 142 cm³/mol. The maximum absolute atomic E-state index is 15.9. The fraction of sp³-hybridized carbons (Fsp3) is 0.172. The molecule has 0 aliphatic carbocycles. The smallest absolute Gasteiger partial charge is 0.425 e. The number of nitrogens with zero attached hydrogens (tertiary/aromatic N) is 5. The average Bonchev–Trinajstić information content (AvgIpc) is 3.68. The number of ether oxygens (including phenoxy) is 1. The molecule has 44 heavy (non-hydrogen) atoms. The first-order valence-electron chi connectivity index (χ1n) is 12.5. The number of aromatic nitrogens is 5. The first-order valence-corrected chi connectivity index (χ1v) is 13.3. The van der Waals surface area contributed by atoms with Gasteiger partial charge in [0, 0.05) is 33.8 Å². The minimum atomic E-state index is -4.41. The van der Waals surface area contributed by atoms with Crippen molar-refractivity contribution < 1.29 is 40.6 Å². The van der Waals surface area contributed by atoms with E-state index in [1.54, 1.807) is 24.3 Å². The molecule has 7 nitrogen and oxygen atoms in total. The maximum atomic E-state index is 15.9. The third-order valence-electron chi connectivity index (χ3n) is 6.29. The number of hydrogen-bond acceptors (Lipinski definition) is 7. The van der Waals surface area contributed by atoms with Crippen molar-refractivity contribution >= 4 is 11.3 Å². The molecule has 226 valence electrons. The van der Waals surface area contributed by atoms with Crippen molar-refractivity contribution in [2.45, 2.75) is 30.9 Å². The van der Waals surface area contributed by atoms with E-state index in [-0.39, 0.29) is 12.2 Å². The maximum Gasteiger partial charge on any atom is 0.425 e. The van der Waals surface area contributed by atoms with Crippen LogP contribution >= 0.6 is 11.3 Å². The first-order chi connectivity index (χ1) is 20.8. The van der Waals surface area contributed by atoms with Crippen molar-refractivity contribution in [3.63, 3.8) is 0 Å². The summed E-state index contributed by atoms with van der Waals surface area (Å²) in [7, 11) is 0. The van der Waals surface area contributed by atoms with Crippen molar-refractivity contribution in [3.05, 3.63) is 123 Å². The van der Waals surface area contributed by atoms with Gasteiger partial charge in [-0.15, -0.1) is 16.4 Å². The van der Waals surface area contributed by atoms with E-state index in [1.165, 1.54) is 12.1 Å². The van der Waals surface area contributed by atoms with E-state index in [4.69, 9.17) is 4.74 Å². The molecule has 0 spiro atoms. The summed E-state index contributed by atoms with van der Waals surface area (Å²) in [5.41, 5.74) is -4.32. The van der Waals surface area contributed by atoms with Gasteiger partial charge in [-0.1, -0.05) is 11.8 Å². The highest BCUT2D eigenvalue weighted by Crippen LogP contribution is 2.46. The van der Waals surface area contributed by atoms with Crippen LogP contribution < -0.4 is 4.74 Å². The van der Waals surface area contributed by atoms with Crippen LogP contribution in [0.5, 0.6) is 5.75 Å². The van der Waals surface area contributed by atoms with Gasteiger partial charge in [-0.2, -0.15) is 22.0 Å². The fourth-order valence-electron chi connectivity index (χ4n) is 4.07. The zero-order valence-corrected chi connectivity index (χ0v) is 22.9. The van der Waals surface area contributed by atoms with Crippen LogP contribution in [0.3, 0.4) is 0 Å². The predicted octanol–water partition coefficient (Wildman–Crippen LogP) is 6.09. The molecule has 5 aromatic rings. The van der Waals surface area contributed by atoms with Crippen LogP contribution in [-0.2, 0) is 30.9 Å². The summed E-state index contributed by atoms with van der Waals surface area (Å²) < 4.78 is 104. The largest absolute Gasteiger partial charge is 0.488 e. The molecule has 0 radical (unpaired) electrons. The van der Waals surface area contributed by atoms with Crippen LogP contribution in [0.1, 0.15) is 32.1 Å². The third kappa shape index (κ3) is 6.56. The number of halogens is 7. The van der Waals surface area contributed by atoms with E-state index in [2.05, 4.69) is 32.4 Å². The second-order valence-corrected chi connectivity index (χ2v) is 10.5. The summed E-state index contributed by atoms with van der Waals surface area (Å²) in [6.07, 6.45) is -2.42. The molecule has 1 N–H and O–H groups in total. The highest BCUT2D eigenvalue weighted by Gasteiger charge is 2.58. The Kier molecular flexibility index (Phi) is 8.40. The quantitative estimate of drug-likeness (QED) is 0.165. The number of benzene rings is 2. The van der Waals surface area contributed by atoms with Crippen LogP contribution in [0.4, 0.5) is 30.7 Å². The fourth-order valence-corrected chi connectivity index (χ4v) is 4.86. The number of thiophene rings is 1. The van der Waals surface area contributed by atoms with Gasteiger partial charge in [-0.3, -0.25) is 4.98 Å². The van der Waals surface area contributed by atoms with Crippen LogP contribution in [0.2, 0.25) is 0 Å². The molecule has 15 heteroatoms. The topological polar surface area (TPSA) is 86.0 Å². The van der Waals surface area contributed by atoms with E-state index in [9.17, 15) is 27.1 Å². The molecule has 0 fully saturated rings. The van der Waals surface area contributed by atoms with Crippen LogP contribution in [0.25, 0.3) is 0 Å². The lowest BCUT2D eigenvalue weighted by Crippen LogP contribution is -2.48. The van der Waals surface area contributed by atoms with Crippen molar-refractivity contribution in [2.24, 2.45) is 0 Å². The number of hydrogen-bond donors (Lipinski definition) is 1. The van der Waals surface area contributed by atoms with Gasteiger partial charge in [-0.05, 0) is 71.1 Å². The Labute approximate surface area is 248 Å².